The molecule has 1 saturated carbocycles. The van der Waals surface area contributed by atoms with Gasteiger partial charge in [-0.15, -0.1) is 0 Å². The maximum Gasteiger partial charge on any atom is 0.343 e. The van der Waals surface area contributed by atoms with Gasteiger partial charge in [0.05, 0.1) is 18.3 Å². The second-order valence-corrected chi connectivity index (χ2v) is 8.69. The molecule has 7 heteroatoms. The summed E-state index contributed by atoms with van der Waals surface area (Å²) in [5.41, 5.74) is 0.869. The second kappa shape index (κ2) is 12.4. The van der Waals surface area contributed by atoms with E-state index in [1.54, 1.807) is 31.4 Å². The van der Waals surface area contributed by atoms with Crippen LogP contribution in [-0.4, -0.2) is 60.4 Å². The van der Waals surface area contributed by atoms with Crippen LogP contribution < -0.4 is 9.47 Å². The Bertz CT molecular complexity index is 882. The van der Waals surface area contributed by atoms with Crippen molar-refractivity contribution in [3.05, 3.63) is 59.7 Å². The van der Waals surface area contributed by atoms with Crippen molar-refractivity contribution in [1.29, 1.82) is 0 Å². The third-order valence-corrected chi connectivity index (χ3v) is 5.73. The van der Waals surface area contributed by atoms with E-state index in [1.165, 1.54) is 6.42 Å². The summed E-state index contributed by atoms with van der Waals surface area (Å²) < 4.78 is 10.6. The van der Waals surface area contributed by atoms with Crippen LogP contribution in [0.5, 0.6) is 11.5 Å². The van der Waals surface area contributed by atoms with Gasteiger partial charge in [-0.3, -0.25) is 4.79 Å². The Labute approximate surface area is 195 Å². The number of likely N-dealkylation sites (N-methyl/N-ethyl adjacent to an activating group) is 1. The van der Waals surface area contributed by atoms with Crippen molar-refractivity contribution in [2.75, 3.05) is 27.7 Å². The number of nitrogens with zero attached hydrogens (tertiary/aromatic N) is 1. The van der Waals surface area contributed by atoms with Crippen LogP contribution in [0.3, 0.4) is 0 Å². The van der Waals surface area contributed by atoms with E-state index in [1.807, 2.05) is 38.4 Å². The minimum Gasteiger partial charge on any atom is -0.497 e. The van der Waals surface area contributed by atoms with Crippen LogP contribution in [0.25, 0.3) is 0 Å². The topological polar surface area (TPSA) is 96.3 Å². The fraction of sp³-hybridized carbons (Fsp3) is 0.462. The van der Waals surface area contributed by atoms with Gasteiger partial charge in [-0.05, 0) is 68.9 Å². The molecule has 0 saturated heterocycles. The molecular formula is C26H35NO6. The van der Waals surface area contributed by atoms with Gasteiger partial charge in [0.1, 0.15) is 11.5 Å². The number of carboxylic acid groups (broad SMARTS) is 1. The monoisotopic (exact) mass is 457 g/mol. The number of carboxylic acids is 1. The zero-order valence-electron chi connectivity index (χ0n) is 19.9. The molecule has 33 heavy (non-hydrogen) atoms. The summed E-state index contributed by atoms with van der Waals surface area (Å²) >= 11 is 0. The lowest BCUT2D eigenvalue weighted by atomic mass is 9.72. The molecule has 7 nitrogen and oxygen atoms in total. The fourth-order valence-electron chi connectivity index (χ4n) is 4.12. The van der Waals surface area contributed by atoms with Gasteiger partial charge in [0.2, 0.25) is 0 Å². The van der Waals surface area contributed by atoms with Crippen LogP contribution in [0.15, 0.2) is 48.5 Å². The van der Waals surface area contributed by atoms with E-state index in [0.717, 1.165) is 44.7 Å². The predicted molar refractivity (Wildman–Crippen MR) is 127 cm³/mol. The average molecular weight is 458 g/mol. The summed E-state index contributed by atoms with van der Waals surface area (Å²) in [5.74, 6) is -0.0208. The number of hydrogen-bond acceptors (Lipinski definition) is 6. The first-order valence-electron chi connectivity index (χ1n) is 11.2. The first kappa shape index (κ1) is 26.4. The SMILES string of the molecule is CC(=O)O.COc1ccc(C(=O)Oc2ccc(C(CN(C)C)C3(O)CCCCC3)cc2)cc1. The van der Waals surface area contributed by atoms with Gasteiger partial charge < -0.3 is 24.6 Å². The molecule has 1 aliphatic carbocycles. The quantitative estimate of drug-likeness (QED) is 0.471. The molecule has 2 N–H and O–H groups in total. The number of methoxy groups -OCH3 is 1. The molecule has 1 aliphatic rings. The third-order valence-electron chi connectivity index (χ3n) is 5.73. The highest BCUT2D eigenvalue weighted by Crippen LogP contribution is 2.40. The Hall–Kier alpha value is -2.90. The van der Waals surface area contributed by atoms with E-state index in [2.05, 4.69) is 4.90 Å². The van der Waals surface area contributed by atoms with E-state index in [9.17, 15) is 9.90 Å². The van der Waals surface area contributed by atoms with Gasteiger partial charge in [-0.1, -0.05) is 31.4 Å². The van der Waals surface area contributed by atoms with E-state index in [-0.39, 0.29) is 5.92 Å². The summed E-state index contributed by atoms with van der Waals surface area (Å²) in [6.07, 6.45) is 4.99. The average Bonchev–Trinajstić information content (AvgIpc) is 2.78. The van der Waals surface area contributed by atoms with Crippen LogP contribution >= 0.6 is 0 Å². The van der Waals surface area contributed by atoms with Crippen LogP contribution in [0.2, 0.25) is 0 Å². The number of ether oxygens (including phenoxy) is 2. The van der Waals surface area contributed by atoms with Crippen LogP contribution in [0.1, 0.15) is 60.9 Å². The van der Waals surface area contributed by atoms with Gasteiger partial charge in [-0.2, -0.15) is 0 Å². The summed E-state index contributed by atoms with van der Waals surface area (Å²) in [4.78, 5) is 23.5. The van der Waals surface area contributed by atoms with Gasteiger partial charge in [0.15, 0.2) is 0 Å². The second-order valence-electron chi connectivity index (χ2n) is 8.69. The van der Waals surface area contributed by atoms with Crippen molar-refractivity contribution >= 4 is 11.9 Å². The molecule has 2 aromatic carbocycles. The summed E-state index contributed by atoms with van der Waals surface area (Å²) in [5, 5.41) is 18.7. The lowest BCUT2D eigenvalue weighted by Gasteiger charge is -2.40. The van der Waals surface area contributed by atoms with E-state index < -0.39 is 17.5 Å². The molecule has 1 fully saturated rings. The fourth-order valence-corrected chi connectivity index (χ4v) is 4.12. The predicted octanol–water partition coefficient (Wildman–Crippen LogP) is 4.35. The van der Waals surface area contributed by atoms with Gasteiger partial charge in [0.25, 0.3) is 5.97 Å². The first-order chi connectivity index (χ1) is 15.6. The maximum atomic E-state index is 12.4. The number of rotatable bonds is 7. The summed E-state index contributed by atoms with van der Waals surface area (Å²) in [6, 6.07) is 14.4. The summed E-state index contributed by atoms with van der Waals surface area (Å²) in [7, 11) is 5.65. The van der Waals surface area contributed by atoms with Gasteiger partial charge in [0, 0.05) is 19.4 Å². The smallest absolute Gasteiger partial charge is 0.343 e. The largest absolute Gasteiger partial charge is 0.497 e. The number of carbonyl (C=O) groups is 2. The van der Waals surface area contributed by atoms with Crippen molar-refractivity contribution in [2.24, 2.45) is 0 Å². The Kier molecular flexibility index (Phi) is 9.88. The molecule has 0 aliphatic heterocycles. The van der Waals surface area contributed by atoms with Crippen LogP contribution in [-0.2, 0) is 4.79 Å². The van der Waals surface area contributed by atoms with Crippen LogP contribution in [0, 0.1) is 0 Å². The Morgan fingerprint density at radius 3 is 1.97 bits per heavy atom. The number of carbonyl (C=O) groups excluding carboxylic acids is 1. The standard InChI is InChI=1S/C24H31NO4.C2H4O2/c1-25(2)17-22(24(27)15-5-4-6-16-24)18-7-13-21(14-8-18)29-23(26)19-9-11-20(28-3)12-10-19;1-2(3)4/h7-14,22,27H,4-6,15-17H2,1-3H3;1H3,(H,3,4). The Morgan fingerprint density at radius 1 is 0.970 bits per heavy atom. The molecule has 1 unspecified atom stereocenters. The molecule has 0 bridgehead atoms. The lowest BCUT2D eigenvalue weighted by molar-refractivity contribution is -0.134. The molecule has 1 atom stereocenters. The van der Waals surface area contributed by atoms with Crippen molar-refractivity contribution in [3.8, 4) is 11.5 Å². The Morgan fingerprint density at radius 2 is 1.48 bits per heavy atom. The molecule has 0 amide bonds. The zero-order chi connectivity index (χ0) is 24.4. The van der Waals surface area contributed by atoms with E-state index in [0.29, 0.717) is 17.1 Å². The lowest BCUT2D eigenvalue weighted by Crippen LogP contribution is -2.42. The van der Waals surface area contributed by atoms with Gasteiger partial charge >= 0.3 is 5.97 Å². The van der Waals surface area contributed by atoms with Crippen molar-refractivity contribution in [1.82, 2.24) is 4.90 Å². The molecule has 0 heterocycles. The minimum atomic E-state index is -0.833. The minimum absolute atomic E-state index is 0.0316. The van der Waals surface area contributed by atoms with Crippen molar-refractivity contribution in [3.63, 3.8) is 0 Å². The molecule has 0 radical (unpaired) electrons. The Balaban J connectivity index is 0.000000890. The maximum absolute atomic E-state index is 12.4. The molecule has 3 rings (SSSR count). The number of aliphatic carboxylic acids is 1. The molecule has 180 valence electrons. The molecule has 2 aromatic rings. The highest BCUT2D eigenvalue weighted by Gasteiger charge is 2.38. The molecule has 0 aromatic heterocycles. The highest BCUT2D eigenvalue weighted by molar-refractivity contribution is 5.91. The van der Waals surface area contributed by atoms with E-state index in [4.69, 9.17) is 19.4 Å². The number of aliphatic hydroxyl groups is 1. The van der Waals surface area contributed by atoms with Crippen molar-refractivity contribution in [2.45, 2.75) is 50.5 Å². The first-order valence-corrected chi connectivity index (χ1v) is 11.2. The number of esters is 1. The highest BCUT2D eigenvalue weighted by atomic mass is 16.5. The zero-order valence-corrected chi connectivity index (χ0v) is 19.9. The van der Waals surface area contributed by atoms with Gasteiger partial charge in [-0.25, -0.2) is 4.79 Å². The molecular weight excluding hydrogens is 422 g/mol. The van der Waals surface area contributed by atoms with Crippen molar-refractivity contribution < 1.29 is 29.3 Å². The number of benzene rings is 2. The number of hydrogen-bond donors (Lipinski definition) is 2. The molecule has 0 spiro atoms. The third kappa shape index (κ3) is 8.18. The normalized spacial score (nSPS) is 15.7. The summed E-state index contributed by atoms with van der Waals surface area (Å²) in [6.45, 7) is 1.86. The van der Waals surface area contributed by atoms with Crippen LogP contribution in [0.4, 0.5) is 0 Å². The van der Waals surface area contributed by atoms with E-state index >= 15 is 0 Å².